The van der Waals surface area contributed by atoms with Crippen molar-refractivity contribution in [3.63, 3.8) is 0 Å². The van der Waals surface area contributed by atoms with E-state index in [-0.39, 0.29) is 0 Å². The number of rotatable bonds is 7. The fraction of sp³-hybridized carbons (Fsp3) is 0.294. The van der Waals surface area contributed by atoms with Crippen LogP contribution in [0.2, 0.25) is 0 Å². The lowest BCUT2D eigenvalue weighted by Gasteiger charge is -2.18. The van der Waals surface area contributed by atoms with Gasteiger partial charge in [-0.25, -0.2) is 0 Å². The van der Waals surface area contributed by atoms with E-state index in [4.69, 9.17) is 0 Å². The Morgan fingerprint density at radius 2 is 1.95 bits per heavy atom. The fourth-order valence-electron chi connectivity index (χ4n) is 2.17. The Morgan fingerprint density at radius 1 is 1.19 bits per heavy atom. The van der Waals surface area contributed by atoms with Crippen LogP contribution in [0.4, 0.5) is 0 Å². The minimum atomic E-state index is 0.336. The molecule has 2 aromatic rings. The number of benzene rings is 2. The van der Waals surface area contributed by atoms with Crippen LogP contribution in [0, 0.1) is 0 Å². The average Bonchev–Trinajstić information content (AvgIpc) is 2.47. The monoisotopic (exact) mass is 365 g/mol. The van der Waals surface area contributed by atoms with Gasteiger partial charge in [-0.1, -0.05) is 35.0 Å². The lowest BCUT2D eigenvalue weighted by Crippen LogP contribution is -2.33. The van der Waals surface area contributed by atoms with Crippen LogP contribution < -0.4 is 5.32 Å². The normalized spacial score (nSPS) is 12.3. The van der Waals surface area contributed by atoms with Crippen molar-refractivity contribution < 1.29 is 5.11 Å². The van der Waals surface area contributed by atoms with E-state index < -0.39 is 0 Å². The minimum absolute atomic E-state index is 0.336. The summed E-state index contributed by atoms with van der Waals surface area (Å²) in [5, 5.41) is 13.1. The lowest BCUT2D eigenvalue weighted by molar-refractivity contribution is 0.473. The van der Waals surface area contributed by atoms with Gasteiger partial charge in [-0.3, -0.25) is 0 Å². The zero-order valence-corrected chi connectivity index (χ0v) is 14.5. The van der Waals surface area contributed by atoms with Gasteiger partial charge in [0.1, 0.15) is 5.75 Å². The molecule has 0 bridgehead atoms. The first-order valence-electron chi connectivity index (χ1n) is 7.07. The highest BCUT2D eigenvalue weighted by Crippen LogP contribution is 2.22. The molecule has 0 aliphatic heterocycles. The molecule has 2 nitrogen and oxygen atoms in total. The van der Waals surface area contributed by atoms with E-state index in [1.807, 2.05) is 23.9 Å². The first-order valence-corrected chi connectivity index (χ1v) is 8.85. The van der Waals surface area contributed by atoms with Crippen molar-refractivity contribution in [3.8, 4) is 5.75 Å². The minimum Gasteiger partial charge on any atom is -0.508 e. The fourth-order valence-corrected chi connectivity index (χ4v) is 3.40. The Bertz CT molecular complexity index is 559. The highest BCUT2D eigenvalue weighted by Gasteiger charge is 2.09. The van der Waals surface area contributed by atoms with Gasteiger partial charge in [-0.05, 0) is 54.9 Å². The number of phenolic OH excluding ortho intramolecular Hbond substituents is 1. The van der Waals surface area contributed by atoms with E-state index in [1.54, 1.807) is 6.07 Å². The number of hydrogen-bond donors (Lipinski definition) is 2. The molecule has 1 atom stereocenters. The summed E-state index contributed by atoms with van der Waals surface area (Å²) in [6, 6.07) is 16.3. The van der Waals surface area contributed by atoms with E-state index in [0.717, 1.165) is 28.8 Å². The zero-order chi connectivity index (χ0) is 15.1. The lowest BCUT2D eigenvalue weighted by atomic mass is 10.1. The second-order valence-corrected chi connectivity index (χ2v) is 6.90. The van der Waals surface area contributed by atoms with Crippen LogP contribution in [0.5, 0.6) is 5.75 Å². The molecule has 0 heterocycles. The number of likely N-dealkylation sites (N-methyl/N-ethyl adjacent to an activating group) is 1. The number of hydrogen-bond acceptors (Lipinski definition) is 3. The highest BCUT2D eigenvalue weighted by atomic mass is 79.9. The van der Waals surface area contributed by atoms with Crippen LogP contribution in [0.3, 0.4) is 0 Å². The Labute approximate surface area is 139 Å². The molecule has 2 N–H and O–H groups in total. The molecule has 2 rings (SSSR count). The van der Waals surface area contributed by atoms with Crippen LogP contribution in [-0.2, 0) is 6.42 Å². The van der Waals surface area contributed by atoms with E-state index in [2.05, 4.69) is 58.5 Å². The summed E-state index contributed by atoms with van der Waals surface area (Å²) in [7, 11) is 0. The molecule has 112 valence electrons. The predicted octanol–water partition coefficient (Wildman–Crippen LogP) is 4.47. The van der Waals surface area contributed by atoms with Crippen LogP contribution in [0.25, 0.3) is 0 Å². The Balaban J connectivity index is 1.93. The Kier molecular flexibility index (Phi) is 6.61. The summed E-state index contributed by atoms with van der Waals surface area (Å²) < 4.78 is 1.11. The smallest absolute Gasteiger partial charge is 0.115 e. The maximum absolute atomic E-state index is 9.56. The van der Waals surface area contributed by atoms with Gasteiger partial charge >= 0.3 is 0 Å². The molecular weight excluding hydrogens is 346 g/mol. The molecular formula is C17H20BrNOS. The van der Waals surface area contributed by atoms with Gasteiger partial charge in [-0.15, -0.1) is 11.8 Å². The van der Waals surface area contributed by atoms with E-state index in [1.165, 1.54) is 4.90 Å². The highest BCUT2D eigenvalue weighted by molar-refractivity contribution is 9.10. The van der Waals surface area contributed by atoms with Crippen molar-refractivity contribution >= 4 is 27.7 Å². The summed E-state index contributed by atoms with van der Waals surface area (Å²) in [6.45, 7) is 3.07. The number of halogens is 1. The number of thioether (sulfide) groups is 1. The van der Waals surface area contributed by atoms with Crippen molar-refractivity contribution in [1.29, 1.82) is 0 Å². The van der Waals surface area contributed by atoms with Crippen LogP contribution in [0.1, 0.15) is 12.5 Å². The number of phenols is 1. The molecule has 0 aliphatic carbocycles. The van der Waals surface area contributed by atoms with Gasteiger partial charge < -0.3 is 10.4 Å². The zero-order valence-electron chi connectivity index (χ0n) is 12.1. The summed E-state index contributed by atoms with van der Waals surface area (Å²) >= 11 is 5.31. The van der Waals surface area contributed by atoms with Crippen molar-refractivity contribution in [1.82, 2.24) is 5.32 Å². The molecule has 0 amide bonds. The SMILES string of the molecule is CCNC(CSc1ccc(Br)cc1)Cc1cccc(O)c1. The molecule has 0 saturated heterocycles. The van der Waals surface area contributed by atoms with Gasteiger partial charge in [-0.2, -0.15) is 0 Å². The van der Waals surface area contributed by atoms with E-state index in [0.29, 0.717) is 11.8 Å². The molecule has 2 aromatic carbocycles. The van der Waals surface area contributed by atoms with Crippen LogP contribution >= 0.6 is 27.7 Å². The third-order valence-corrected chi connectivity index (χ3v) is 4.85. The summed E-state index contributed by atoms with van der Waals surface area (Å²) in [5.74, 6) is 1.34. The third-order valence-electron chi connectivity index (χ3n) is 3.15. The largest absolute Gasteiger partial charge is 0.508 e. The molecule has 0 radical (unpaired) electrons. The van der Waals surface area contributed by atoms with E-state index >= 15 is 0 Å². The third kappa shape index (κ3) is 5.73. The summed E-state index contributed by atoms with van der Waals surface area (Å²) in [5.41, 5.74) is 1.16. The summed E-state index contributed by atoms with van der Waals surface area (Å²) in [6.07, 6.45) is 0.922. The Morgan fingerprint density at radius 3 is 2.62 bits per heavy atom. The van der Waals surface area contributed by atoms with Gasteiger partial charge in [0.2, 0.25) is 0 Å². The topological polar surface area (TPSA) is 32.3 Å². The molecule has 0 aliphatic rings. The van der Waals surface area contributed by atoms with Crippen molar-refractivity contribution in [2.45, 2.75) is 24.3 Å². The van der Waals surface area contributed by atoms with Crippen molar-refractivity contribution in [3.05, 3.63) is 58.6 Å². The maximum Gasteiger partial charge on any atom is 0.115 e. The molecule has 0 spiro atoms. The second kappa shape index (κ2) is 8.47. The molecule has 21 heavy (non-hydrogen) atoms. The number of aromatic hydroxyl groups is 1. The Hall–Kier alpha value is -0.970. The standard InChI is InChI=1S/C17H20BrNOS/c1-2-19-15(10-13-4-3-5-16(20)11-13)12-21-17-8-6-14(18)7-9-17/h3-9,11,15,19-20H,2,10,12H2,1H3. The molecule has 0 saturated carbocycles. The van der Waals surface area contributed by atoms with Crippen molar-refractivity contribution in [2.24, 2.45) is 0 Å². The van der Waals surface area contributed by atoms with Crippen LogP contribution in [0.15, 0.2) is 57.9 Å². The molecule has 0 aromatic heterocycles. The van der Waals surface area contributed by atoms with Gasteiger partial charge in [0.25, 0.3) is 0 Å². The molecule has 4 heteroatoms. The van der Waals surface area contributed by atoms with Gasteiger partial charge in [0, 0.05) is 21.2 Å². The average molecular weight is 366 g/mol. The summed E-state index contributed by atoms with van der Waals surface area (Å²) in [4.78, 5) is 1.28. The first-order chi connectivity index (χ1) is 10.2. The van der Waals surface area contributed by atoms with E-state index in [9.17, 15) is 5.11 Å². The van der Waals surface area contributed by atoms with Gasteiger partial charge in [0.15, 0.2) is 0 Å². The van der Waals surface area contributed by atoms with Gasteiger partial charge in [0.05, 0.1) is 0 Å². The molecule has 0 fully saturated rings. The maximum atomic E-state index is 9.56. The van der Waals surface area contributed by atoms with Crippen molar-refractivity contribution in [2.75, 3.05) is 12.3 Å². The second-order valence-electron chi connectivity index (χ2n) is 4.89. The predicted molar refractivity (Wildman–Crippen MR) is 94.1 cm³/mol. The molecule has 1 unspecified atom stereocenters. The quantitative estimate of drug-likeness (QED) is 0.710. The van der Waals surface area contributed by atoms with Crippen LogP contribution in [-0.4, -0.2) is 23.4 Å². The number of nitrogens with one attached hydrogen (secondary N) is 1. The first kappa shape index (κ1) is 16.4.